The number of carbonyl (C=O) groups is 2. The van der Waals surface area contributed by atoms with E-state index in [0.29, 0.717) is 32.6 Å². The van der Waals surface area contributed by atoms with Crippen molar-refractivity contribution in [3.63, 3.8) is 0 Å². The number of likely N-dealkylation sites (N-methyl/N-ethyl adjacent to an activating group) is 1. The number of carboxylic acid groups (broad SMARTS) is 1. The van der Waals surface area contributed by atoms with Crippen molar-refractivity contribution in [2.75, 3.05) is 19.1 Å². The van der Waals surface area contributed by atoms with Gasteiger partial charge in [0.05, 0.1) is 15.4 Å². The largest absolute Gasteiger partial charge is 0.508 e. The van der Waals surface area contributed by atoms with Crippen LogP contribution in [0.4, 0.5) is 0 Å². The SMILES string of the molecule is CSCC[C@H](C(=O)O)N(C)C(=O)Cc1cc(Br)c(Oc2ccc(O)c(C(C)C)c2)c(Br)c1. The first-order chi connectivity index (χ1) is 15.0. The van der Waals surface area contributed by atoms with E-state index in [4.69, 9.17) is 4.74 Å². The van der Waals surface area contributed by atoms with Crippen LogP contribution < -0.4 is 4.74 Å². The van der Waals surface area contributed by atoms with E-state index in [9.17, 15) is 19.8 Å². The minimum absolute atomic E-state index is 0.0632. The fourth-order valence-electron chi connectivity index (χ4n) is 3.17. The maximum atomic E-state index is 12.7. The van der Waals surface area contributed by atoms with Crippen molar-refractivity contribution >= 4 is 55.5 Å². The number of amides is 1. The standard InChI is InChI=1S/C23H27Br2NO5S/c1-13(2)16-12-15(5-6-20(16)27)31-22-17(24)9-14(10-18(22)25)11-21(28)26(3)19(23(29)30)7-8-32-4/h5-6,9-10,12-13,19,27H,7-8,11H2,1-4H3,(H,29,30)/t19-/m1/s1. The van der Waals surface area contributed by atoms with Crippen molar-refractivity contribution in [1.29, 1.82) is 0 Å². The Labute approximate surface area is 209 Å². The van der Waals surface area contributed by atoms with Gasteiger partial charge in [0.1, 0.15) is 17.5 Å². The fourth-order valence-corrected chi connectivity index (χ4v) is 5.08. The van der Waals surface area contributed by atoms with Crippen LogP contribution in [-0.2, 0) is 16.0 Å². The second kappa shape index (κ2) is 12.0. The topological polar surface area (TPSA) is 87.1 Å². The molecular formula is C23H27Br2NO5S. The molecule has 2 rings (SSSR count). The van der Waals surface area contributed by atoms with Gasteiger partial charge in [0, 0.05) is 12.6 Å². The number of aromatic hydroxyl groups is 1. The molecule has 0 aliphatic carbocycles. The van der Waals surface area contributed by atoms with Crippen LogP contribution in [-0.4, -0.2) is 52.1 Å². The highest BCUT2D eigenvalue weighted by molar-refractivity contribution is 9.11. The summed E-state index contributed by atoms with van der Waals surface area (Å²) in [7, 11) is 1.53. The van der Waals surface area contributed by atoms with Crippen LogP contribution in [0.5, 0.6) is 17.2 Å². The van der Waals surface area contributed by atoms with Crippen LogP contribution in [0.15, 0.2) is 39.3 Å². The molecule has 0 radical (unpaired) electrons. The molecule has 0 saturated heterocycles. The average Bonchev–Trinajstić information content (AvgIpc) is 2.71. The van der Waals surface area contributed by atoms with Gasteiger partial charge in [-0.25, -0.2) is 4.79 Å². The van der Waals surface area contributed by atoms with Crippen molar-refractivity contribution in [2.24, 2.45) is 0 Å². The number of carbonyl (C=O) groups excluding carboxylic acids is 1. The average molecular weight is 589 g/mol. The van der Waals surface area contributed by atoms with Gasteiger partial charge in [0.2, 0.25) is 5.91 Å². The van der Waals surface area contributed by atoms with Gasteiger partial charge in [0.15, 0.2) is 5.75 Å². The monoisotopic (exact) mass is 587 g/mol. The van der Waals surface area contributed by atoms with E-state index in [1.165, 1.54) is 11.9 Å². The third-order valence-electron chi connectivity index (χ3n) is 5.00. The summed E-state index contributed by atoms with van der Waals surface area (Å²) in [5, 5.41) is 19.5. The molecule has 0 unspecified atom stereocenters. The number of nitrogens with zero attached hydrogens (tertiary/aromatic N) is 1. The van der Waals surface area contributed by atoms with Crippen LogP contribution >= 0.6 is 43.6 Å². The Balaban J connectivity index is 2.19. The number of halogens is 2. The summed E-state index contributed by atoms with van der Waals surface area (Å²) in [6.45, 7) is 3.98. The highest BCUT2D eigenvalue weighted by Gasteiger charge is 2.26. The van der Waals surface area contributed by atoms with Crippen LogP contribution in [0.25, 0.3) is 0 Å². The lowest BCUT2D eigenvalue weighted by Gasteiger charge is -2.25. The zero-order valence-corrected chi connectivity index (χ0v) is 22.4. The number of carboxylic acids is 1. The molecule has 6 nitrogen and oxygen atoms in total. The molecule has 1 amide bonds. The van der Waals surface area contributed by atoms with Gasteiger partial charge in [-0.2, -0.15) is 11.8 Å². The van der Waals surface area contributed by atoms with Crippen LogP contribution in [0, 0.1) is 0 Å². The molecule has 0 saturated carbocycles. The van der Waals surface area contributed by atoms with Crippen LogP contribution in [0.1, 0.15) is 37.3 Å². The number of hydrogen-bond acceptors (Lipinski definition) is 5. The van der Waals surface area contributed by atoms with Gasteiger partial charge in [-0.1, -0.05) is 13.8 Å². The van der Waals surface area contributed by atoms with E-state index in [1.807, 2.05) is 20.1 Å². The number of aliphatic carboxylic acids is 1. The maximum Gasteiger partial charge on any atom is 0.326 e. The molecule has 2 N–H and O–H groups in total. The Morgan fingerprint density at radius 1 is 1.16 bits per heavy atom. The van der Waals surface area contributed by atoms with Gasteiger partial charge >= 0.3 is 5.97 Å². The van der Waals surface area contributed by atoms with Gasteiger partial charge in [0.25, 0.3) is 0 Å². The summed E-state index contributed by atoms with van der Waals surface area (Å²) in [6.07, 6.45) is 2.36. The minimum atomic E-state index is -1.00. The molecule has 32 heavy (non-hydrogen) atoms. The molecule has 2 aromatic rings. The molecule has 0 spiro atoms. The number of phenolic OH excluding ortho intramolecular Hbond substituents is 1. The van der Waals surface area contributed by atoms with E-state index >= 15 is 0 Å². The number of hydrogen-bond donors (Lipinski definition) is 2. The molecule has 1 atom stereocenters. The molecule has 174 valence electrons. The van der Waals surface area contributed by atoms with Crippen molar-refractivity contribution in [1.82, 2.24) is 4.90 Å². The lowest BCUT2D eigenvalue weighted by atomic mass is 10.0. The lowest BCUT2D eigenvalue weighted by Crippen LogP contribution is -2.43. The molecule has 9 heteroatoms. The van der Waals surface area contributed by atoms with Crippen LogP contribution in [0.3, 0.4) is 0 Å². The smallest absolute Gasteiger partial charge is 0.326 e. The van der Waals surface area contributed by atoms with E-state index in [-0.39, 0.29) is 24.0 Å². The summed E-state index contributed by atoms with van der Waals surface area (Å²) in [5.74, 6) is 0.865. The Hall–Kier alpha value is -1.71. The molecule has 2 aromatic carbocycles. The van der Waals surface area contributed by atoms with E-state index < -0.39 is 12.0 Å². The zero-order chi connectivity index (χ0) is 24.0. The number of ether oxygens (including phenoxy) is 1. The molecule has 0 aliphatic heterocycles. The van der Waals surface area contributed by atoms with Gasteiger partial charge in [-0.05, 0) is 92.1 Å². The molecule has 0 aliphatic rings. The second-order valence-electron chi connectivity index (χ2n) is 7.68. The molecule has 0 fully saturated rings. The molecular weight excluding hydrogens is 562 g/mol. The minimum Gasteiger partial charge on any atom is -0.508 e. The zero-order valence-electron chi connectivity index (χ0n) is 18.4. The first kappa shape index (κ1) is 26.5. The van der Waals surface area contributed by atoms with Gasteiger partial charge in [-0.3, -0.25) is 4.79 Å². The second-order valence-corrected chi connectivity index (χ2v) is 10.4. The summed E-state index contributed by atoms with van der Waals surface area (Å²) >= 11 is 8.56. The van der Waals surface area contributed by atoms with E-state index in [0.717, 1.165) is 11.1 Å². The number of thioether (sulfide) groups is 1. The van der Waals surface area contributed by atoms with Crippen molar-refractivity contribution in [3.05, 3.63) is 50.4 Å². The Kier molecular flexibility index (Phi) is 9.91. The summed E-state index contributed by atoms with van der Waals surface area (Å²) in [6, 6.07) is 7.80. The number of rotatable bonds is 10. The number of phenols is 1. The fraction of sp³-hybridized carbons (Fsp3) is 0.391. The Morgan fingerprint density at radius 2 is 1.78 bits per heavy atom. The first-order valence-electron chi connectivity index (χ1n) is 10.0. The van der Waals surface area contributed by atoms with Gasteiger partial charge in [-0.15, -0.1) is 0 Å². The maximum absolute atomic E-state index is 12.7. The third-order valence-corrected chi connectivity index (χ3v) is 6.82. The van der Waals surface area contributed by atoms with E-state index in [2.05, 4.69) is 31.9 Å². The Bertz CT molecular complexity index is 960. The predicted molar refractivity (Wildman–Crippen MR) is 135 cm³/mol. The van der Waals surface area contributed by atoms with Crippen molar-refractivity contribution in [2.45, 2.75) is 38.6 Å². The van der Waals surface area contributed by atoms with Crippen molar-refractivity contribution < 1.29 is 24.5 Å². The highest BCUT2D eigenvalue weighted by Crippen LogP contribution is 2.39. The quantitative estimate of drug-likeness (QED) is 0.352. The van der Waals surface area contributed by atoms with E-state index in [1.54, 1.807) is 42.1 Å². The predicted octanol–water partition coefficient (Wildman–Crippen LogP) is 6.04. The summed E-state index contributed by atoms with van der Waals surface area (Å²) in [4.78, 5) is 25.6. The molecule has 0 bridgehead atoms. The van der Waals surface area contributed by atoms with Crippen molar-refractivity contribution in [3.8, 4) is 17.2 Å². The summed E-state index contributed by atoms with van der Waals surface area (Å²) in [5.41, 5.74) is 1.50. The number of benzene rings is 2. The third kappa shape index (κ3) is 6.89. The summed E-state index contributed by atoms with van der Waals surface area (Å²) < 4.78 is 7.32. The van der Waals surface area contributed by atoms with Gasteiger partial charge < -0.3 is 19.8 Å². The lowest BCUT2D eigenvalue weighted by molar-refractivity contribution is -0.148. The highest BCUT2D eigenvalue weighted by atomic mass is 79.9. The first-order valence-corrected chi connectivity index (χ1v) is 13.0. The van der Waals surface area contributed by atoms with Crippen LogP contribution in [0.2, 0.25) is 0 Å². The Morgan fingerprint density at radius 3 is 2.31 bits per heavy atom. The normalized spacial score (nSPS) is 12.0. The molecule has 0 aromatic heterocycles. The molecule has 0 heterocycles.